The minimum Gasteiger partial charge on any atom is -0.495 e. The first-order chi connectivity index (χ1) is 15.6. The molecule has 0 aliphatic carbocycles. The Bertz CT molecular complexity index is 1330. The third-order valence-electron chi connectivity index (χ3n) is 4.76. The second-order valence-electron chi connectivity index (χ2n) is 6.88. The van der Waals surface area contributed by atoms with Gasteiger partial charge in [-0.05, 0) is 42.5 Å². The highest BCUT2D eigenvalue weighted by Crippen LogP contribution is 2.27. The summed E-state index contributed by atoms with van der Waals surface area (Å²) in [5, 5.41) is 4.34. The molecule has 32 heavy (non-hydrogen) atoms. The van der Waals surface area contributed by atoms with Crippen molar-refractivity contribution in [2.75, 3.05) is 18.2 Å². The lowest BCUT2D eigenvalue weighted by Crippen LogP contribution is -2.22. The second kappa shape index (κ2) is 9.89. The molecule has 0 saturated heterocycles. The van der Waals surface area contributed by atoms with Gasteiger partial charge in [0.1, 0.15) is 5.75 Å². The quantitative estimate of drug-likeness (QED) is 0.301. The number of methoxy groups -OCH3 is 1. The molecule has 3 aromatic carbocycles. The van der Waals surface area contributed by atoms with Gasteiger partial charge in [0.25, 0.3) is 5.56 Å². The lowest BCUT2D eigenvalue weighted by atomic mass is 10.2. The fourth-order valence-corrected chi connectivity index (χ4v) is 4.42. The van der Waals surface area contributed by atoms with Crippen LogP contribution in [0.25, 0.3) is 16.6 Å². The van der Waals surface area contributed by atoms with Crippen molar-refractivity contribution >= 4 is 45.9 Å². The number of fused-ring (bicyclic) bond motifs is 1. The number of hydrogen-bond donors (Lipinski definition) is 1. The Labute approximate surface area is 194 Å². The van der Waals surface area contributed by atoms with Gasteiger partial charge in [-0.3, -0.25) is 14.2 Å². The van der Waals surface area contributed by atoms with E-state index in [4.69, 9.17) is 16.3 Å². The Morgan fingerprint density at radius 1 is 1.09 bits per heavy atom. The molecule has 6 nitrogen and oxygen atoms in total. The highest BCUT2D eigenvalue weighted by atomic mass is 35.5. The number of nitrogens with zero attached hydrogens (tertiary/aromatic N) is 2. The fourth-order valence-electron chi connectivity index (χ4n) is 3.22. The molecule has 0 bridgehead atoms. The number of hydrogen-bond acceptors (Lipinski definition) is 5. The van der Waals surface area contributed by atoms with E-state index in [2.05, 4.69) is 10.3 Å². The molecule has 4 aromatic rings. The number of aromatic nitrogens is 2. The van der Waals surface area contributed by atoms with Gasteiger partial charge in [0.15, 0.2) is 5.16 Å². The summed E-state index contributed by atoms with van der Waals surface area (Å²) in [6.07, 6.45) is 0.242. The van der Waals surface area contributed by atoms with Gasteiger partial charge in [-0.25, -0.2) is 4.98 Å². The number of rotatable bonds is 7. The predicted octanol–water partition coefficient (Wildman–Crippen LogP) is 5.17. The van der Waals surface area contributed by atoms with Gasteiger partial charge in [-0.15, -0.1) is 0 Å². The summed E-state index contributed by atoms with van der Waals surface area (Å²) in [7, 11) is 1.53. The SMILES string of the molecule is COc1ccc(NC(=O)CCSc2nc3ccccc3c(=O)n2-c2ccccc2)cc1Cl. The molecule has 0 fully saturated rings. The molecule has 1 N–H and O–H groups in total. The number of ether oxygens (including phenoxy) is 1. The monoisotopic (exact) mass is 465 g/mol. The smallest absolute Gasteiger partial charge is 0.266 e. The Hall–Kier alpha value is -3.29. The Balaban J connectivity index is 1.52. The van der Waals surface area contributed by atoms with Crippen LogP contribution in [-0.2, 0) is 4.79 Å². The van der Waals surface area contributed by atoms with Crippen molar-refractivity contribution in [2.24, 2.45) is 0 Å². The predicted molar refractivity (Wildman–Crippen MR) is 129 cm³/mol. The topological polar surface area (TPSA) is 73.2 Å². The van der Waals surface area contributed by atoms with E-state index in [0.717, 1.165) is 5.69 Å². The number of benzene rings is 3. The van der Waals surface area contributed by atoms with E-state index >= 15 is 0 Å². The van der Waals surface area contributed by atoms with Crippen LogP contribution in [0.1, 0.15) is 6.42 Å². The molecule has 8 heteroatoms. The molecule has 4 rings (SSSR count). The minimum absolute atomic E-state index is 0.137. The largest absolute Gasteiger partial charge is 0.495 e. The summed E-state index contributed by atoms with van der Waals surface area (Å²) in [4.78, 5) is 30.3. The molecule has 0 aliphatic rings. The molecule has 0 atom stereocenters. The molecule has 162 valence electrons. The second-order valence-corrected chi connectivity index (χ2v) is 8.35. The van der Waals surface area contributed by atoms with Crippen LogP contribution >= 0.6 is 23.4 Å². The maximum atomic E-state index is 13.2. The molecule has 0 aliphatic heterocycles. The normalized spacial score (nSPS) is 10.8. The number of halogens is 1. The number of nitrogens with one attached hydrogen (secondary N) is 1. The number of thioether (sulfide) groups is 1. The first-order valence-electron chi connectivity index (χ1n) is 9.90. The standard InChI is InChI=1S/C24H20ClN3O3S/c1-31-21-12-11-16(15-19(21)25)26-22(29)13-14-32-24-27-20-10-6-5-9-18(20)23(30)28(24)17-7-3-2-4-8-17/h2-12,15H,13-14H2,1H3,(H,26,29). The molecule has 0 saturated carbocycles. The van der Waals surface area contributed by atoms with Crippen molar-refractivity contribution in [1.29, 1.82) is 0 Å². The van der Waals surface area contributed by atoms with Crippen molar-refractivity contribution in [1.82, 2.24) is 9.55 Å². The van der Waals surface area contributed by atoms with Crippen LogP contribution in [0.2, 0.25) is 5.02 Å². The molecule has 1 heterocycles. The molecular formula is C24H20ClN3O3S. The van der Waals surface area contributed by atoms with Gasteiger partial charge >= 0.3 is 0 Å². The van der Waals surface area contributed by atoms with E-state index in [0.29, 0.717) is 38.3 Å². The number of carbonyl (C=O) groups excluding carboxylic acids is 1. The molecule has 0 radical (unpaired) electrons. The zero-order valence-electron chi connectivity index (χ0n) is 17.2. The molecule has 1 aromatic heterocycles. The summed E-state index contributed by atoms with van der Waals surface area (Å²) in [6.45, 7) is 0. The summed E-state index contributed by atoms with van der Waals surface area (Å²) in [5.41, 5.74) is 1.82. The van der Waals surface area contributed by atoms with Gasteiger partial charge < -0.3 is 10.1 Å². The number of para-hydroxylation sites is 2. The van der Waals surface area contributed by atoms with Crippen molar-refractivity contribution < 1.29 is 9.53 Å². The van der Waals surface area contributed by atoms with Crippen LogP contribution in [0.3, 0.4) is 0 Å². The van der Waals surface area contributed by atoms with Crippen molar-refractivity contribution in [3.63, 3.8) is 0 Å². The lowest BCUT2D eigenvalue weighted by molar-refractivity contribution is -0.115. The zero-order chi connectivity index (χ0) is 22.5. The van der Waals surface area contributed by atoms with Crippen LogP contribution in [0.15, 0.2) is 82.7 Å². The Morgan fingerprint density at radius 3 is 2.59 bits per heavy atom. The number of carbonyl (C=O) groups is 1. The molecule has 0 spiro atoms. The van der Waals surface area contributed by atoms with Gasteiger partial charge in [0, 0.05) is 17.9 Å². The first kappa shape index (κ1) is 21.9. The zero-order valence-corrected chi connectivity index (χ0v) is 18.8. The number of amides is 1. The molecular weight excluding hydrogens is 446 g/mol. The highest BCUT2D eigenvalue weighted by molar-refractivity contribution is 7.99. The van der Waals surface area contributed by atoms with E-state index in [1.807, 2.05) is 48.5 Å². The number of anilines is 1. The Morgan fingerprint density at radius 2 is 1.84 bits per heavy atom. The highest BCUT2D eigenvalue weighted by Gasteiger charge is 2.14. The average molecular weight is 466 g/mol. The van der Waals surface area contributed by atoms with Crippen LogP contribution in [0, 0.1) is 0 Å². The molecule has 1 amide bonds. The maximum absolute atomic E-state index is 13.2. The van der Waals surface area contributed by atoms with Crippen molar-refractivity contribution in [2.45, 2.75) is 11.6 Å². The van der Waals surface area contributed by atoms with Crippen LogP contribution in [0.4, 0.5) is 5.69 Å². The van der Waals surface area contributed by atoms with E-state index in [1.54, 1.807) is 28.8 Å². The van der Waals surface area contributed by atoms with Gasteiger partial charge in [0.05, 0.1) is 28.7 Å². The van der Waals surface area contributed by atoms with E-state index < -0.39 is 0 Å². The third kappa shape index (κ3) is 4.79. The molecule has 0 unspecified atom stereocenters. The van der Waals surface area contributed by atoms with Gasteiger partial charge in [-0.1, -0.05) is 53.7 Å². The van der Waals surface area contributed by atoms with Gasteiger partial charge in [0.2, 0.25) is 5.91 Å². The fraction of sp³-hybridized carbons (Fsp3) is 0.125. The third-order valence-corrected chi connectivity index (χ3v) is 5.99. The van der Waals surface area contributed by atoms with Gasteiger partial charge in [-0.2, -0.15) is 0 Å². The lowest BCUT2D eigenvalue weighted by Gasteiger charge is -2.13. The maximum Gasteiger partial charge on any atom is 0.266 e. The summed E-state index contributed by atoms with van der Waals surface area (Å²) >= 11 is 7.48. The minimum atomic E-state index is -0.159. The van der Waals surface area contributed by atoms with Crippen molar-refractivity contribution in [3.05, 3.63) is 88.2 Å². The first-order valence-corrected chi connectivity index (χ1v) is 11.3. The van der Waals surface area contributed by atoms with Crippen LogP contribution in [0.5, 0.6) is 5.75 Å². The van der Waals surface area contributed by atoms with Crippen molar-refractivity contribution in [3.8, 4) is 11.4 Å². The average Bonchev–Trinajstić information content (AvgIpc) is 2.80. The van der Waals surface area contributed by atoms with Crippen LogP contribution in [-0.4, -0.2) is 28.3 Å². The summed E-state index contributed by atoms with van der Waals surface area (Å²) < 4.78 is 6.72. The van der Waals surface area contributed by atoms with Crippen LogP contribution < -0.4 is 15.6 Å². The van der Waals surface area contributed by atoms with E-state index in [-0.39, 0.29) is 17.9 Å². The Kier molecular flexibility index (Phi) is 6.78. The van der Waals surface area contributed by atoms with E-state index in [1.165, 1.54) is 18.9 Å². The van der Waals surface area contributed by atoms with E-state index in [9.17, 15) is 9.59 Å². The summed E-state index contributed by atoms with van der Waals surface area (Å²) in [5.74, 6) is 0.836. The summed E-state index contributed by atoms with van der Waals surface area (Å²) in [6, 6.07) is 21.7.